The number of amides is 1. The van der Waals surface area contributed by atoms with Gasteiger partial charge in [0.25, 0.3) is 5.91 Å². The van der Waals surface area contributed by atoms with Gasteiger partial charge in [0, 0.05) is 0 Å². The molecule has 1 N–H and O–H groups in total. The number of benzene rings is 2. The molecule has 0 atom stereocenters. The van der Waals surface area contributed by atoms with Crippen molar-refractivity contribution in [2.75, 3.05) is 6.61 Å². The third-order valence-corrected chi connectivity index (χ3v) is 3.24. The minimum absolute atomic E-state index is 0.0600. The number of ether oxygens (including phenoxy) is 1. The van der Waals surface area contributed by atoms with Crippen LogP contribution in [0.4, 0.5) is 0 Å². The Labute approximate surface area is 130 Å². The summed E-state index contributed by atoms with van der Waals surface area (Å²) in [5, 5.41) is 4.10. The van der Waals surface area contributed by atoms with E-state index in [0.717, 1.165) is 17.7 Å². The van der Waals surface area contributed by atoms with Crippen LogP contribution >= 0.6 is 0 Å². The van der Waals surface area contributed by atoms with E-state index >= 15 is 0 Å². The predicted octanol–water partition coefficient (Wildman–Crippen LogP) is 3.17. The van der Waals surface area contributed by atoms with Crippen LogP contribution < -0.4 is 10.2 Å². The first-order valence-corrected chi connectivity index (χ1v) is 7.29. The molecular formula is C18H20N2O2. The summed E-state index contributed by atoms with van der Waals surface area (Å²) < 4.78 is 5.35. The number of para-hydroxylation sites is 1. The Hall–Kier alpha value is -2.62. The molecule has 0 aliphatic carbocycles. The molecule has 114 valence electrons. The first-order chi connectivity index (χ1) is 10.7. The maximum absolute atomic E-state index is 11.7. The van der Waals surface area contributed by atoms with Gasteiger partial charge >= 0.3 is 0 Å². The van der Waals surface area contributed by atoms with Gasteiger partial charge in [-0.3, -0.25) is 4.79 Å². The van der Waals surface area contributed by atoms with E-state index in [-0.39, 0.29) is 12.5 Å². The number of carbonyl (C=O) groups excluding carboxylic acids is 1. The van der Waals surface area contributed by atoms with Crippen LogP contribution in [-0.2, 0) is 11.2 Å². The maximum Gasteiger partial charge on any atom is 0.277 e. The van der Waals surface area contributed by atoms with Crippen LogP contribution in [0, 0.1) is 0 Å². The highest BCUT2D eigenvalue weighted by Gasteiger charge is 2.03. The molecule has 22 heavy (non-hydrogen) atoms. The smallest absolute Gasteiger partial charge is 0.277 e. The van der Waals surface area contributed by atoms with E-state index in [1.807, 2.05) is 37.3 Å². The number of hydrogen-bond donors (Lipinski definition) is 1. The number of rotatable bonds is 6. The lowest BCUT2D eigenvalue weighted by Crippen LogP contribution is -2.25. The Morgan fingerprint density at radius 1 is 1.09 bits per heavy atom. The quantitative estimate of drug-likeness (QED) is 0.657. The van der Waals surface area contributed by atoms with Crippen molar-refractivity contribution in [3.8, 4) is 5.75 Å². The van der Waals surface area contributed by atoms with Crippen molar-refractivity contribution in [1.82, 2.24) is 5.43 Å². The Morgan fingerprint density at radius 3 is 2.41 bits per heavy atom. The number of nitrogens with zero attached hydrogens (tertiary/aromatic N) is 1. The molecule has 4 heteroatoms. The SMILES string of the molecule is CCc1ccc(/C(C)=N\NC(=O)COc2ccccc2)cc1. The highest BCUT2D eigenvalue weighted by molar-refractivity contribution is 5.99. The number of nitrogens with one attached hydrogen (secondary N) is 1. The Balaban J connectivity index is 1.85. The van der Waals surface area contributed by atoms with E-state index in [0.29, 0.717) is 5.75 Å². The summed E-state index contributed by atoms with van der Waals surface area (Å²) in [6, 6.07) is 17.3. The average molecular weight is 296 g/mol. The summed E-state index contributed by atoms with van der Waals surface area (Å²) >= 11 is 0. The largest absolute Gasteiger partial charge is 0.484 e. The molecule has 0 unspecified atom stereocenters. The Morgan fingerprint density at radius 2 is 1.77 bits per heavy atom. The second-order valence-electron chi connectivity index (χ2n) is 4.88. The number of carbonyl (C=O) groups is 1. The lowest BCUT2D eigenvalue weighted by molar-refractivity contribution is -0.123. The summed E-state index contributed by atoms with van der Waals surface area (Å²) in [6.07, 6.45) is 1.00. The van der Waals surface area contributed by atoms with Crippen molar-refractivity contribution in [3.63, 3.8) is 0 Å². The fourth-order valence-corrected chi connectivity index (χ4v) is 1.89. The molecular weight excluding hydrogens is 276 g/mol. The summed E-state index contributed by atoms with van der Waals surface area (Å²) in [5.41, 5.74) is 5.53. The minimum atomic E-state index is -0.284. The highest BCUT2D eigenvalue weighted by atomic mass is 16.5. The molecule has 0 aliphatic heterocycles. The van der Waals surface area contributed by atoms with E-state index < -0.39 is 0 Å². The molecule has 1 amide bonds. The zero-order chi connectivity index (χ0) is 15.8. The topological polar surface area (TPSA) is 50.7 Å². The molecule has 2 rings (SSSR count). The summed E-state index contributed by atoms with van der Waals surface area (Å²) in [7, 11) is 0. The number of hydrazone groups is 1. The normalized spacial score (nSPS) is 11.1. The van der Waals surface area contributed by atoms with Crippen LogP contribution in [0.5, 0.6) is 5.75 Å². The lowest BCUT2D eigenvalue weighted by Gasteiger charge is -2.06. The molecule has 2 aromatic carbocycles. The molecule has 0 fully saturated rings. The van der Waals surface area contributed by atoms with Crippen molar-refractivity contribution in [2.45, 2.75) is 20.3 Å². The predicted molar refractivity (Wildman–Crippen MR) is 88.1 cm³/mol. The van der Waals surface area contributed by atoms with Crippen molar-refractivity contribution >= 4 is 11.6 Å². The molecule has 0 saturated heterocycles. The molecule has 4 nitrogen and oxygen atoms in total. The van der Waals surface area contributed by atoms with Crippen LogP contribution in [0.25, 0.3) is 0 Å². The van der Waals surface area contributed by atoms with Crippen molar-refractivity contribution in [2.24, 2.45) is 5.10 Å². The second-order valence-corrected chi connectivity index (χ2v) is 4.88. The fraction of sp³-hybridized carbons (Fsp3) is 0.222. The molecule has 0 bridgehead atoms. The van der Waals surface area contributed by atoms with Gasteiger partial charge in [-0.05, 0) is 36.6 Å². The van der Waals surface area contributed by atoms with Crippen LogP contribution in [0.3, 0.4) is 0 Å². The first-order valence-electron chi connectivity index (χ1n) is 7.29. The molecule has 0 aromatic heterocycles. The van der Waals surface area contributed by atoms with Gasteiger partial charge in [0.05, 0.1) is 5.71 Å². The lowest BCUT2D eigenvalue weighted by atomic mass is 10.1. The van der Waals surface area contributed by atoms with Crippen molar-refractivity contribution < 1.29 is 9.53 Å². The summed E-state index contributed by atoms with van der Waals surface area (Å²) in [4.78, 5) is 11.7. The molecule has 0 radical (unpaired) electrons. The van der Waals surface area contributed by atoms with Gasteiger partial charge in [0.15, 0.2) is 6.61 Å². The molecule has 0 spiro atoms. The molecule has 0 saturated carbocycles. The molecule has 0 aliphatic rings. The Kier molecular flexibility index (Phi) is 5.72. The van der Waals surface area contributed by atoms with Crippen LogP contribution in [-0.4, -0.2) is 18.2 Å². The third kappa shape index (κ3) is 4.74. The maximum atomic E-state index is 11.7. The third-order valence-electron chi connectivity index (χ3n) is 3.24. The first kappa shape index (κ1) is 15.8. The van der Waals surface area contributed by atoms with Crippen molar-refractivity contribution in [1.29, 1.82) is 0 Å². The van der Waals surface area contributed by atoms with Crippen LogP contribution in [0.2, 0.25) is 0 Å². The van der Waals surface area contributed by atoms with Gasteiger partial charge in [0.1, 0.15) is 5.75 Å². The van der Waals surface area contributed by atoms with Crippen LogP contribution in [0.15, 0.2) is 59.7 Å². The summed E-state index contributed by atoms with van der Waals surface area (Å²) in [6.45, 7) is 3.91. The van der Waals surface area contributed by atoms with E-state index in [2.05, 4.69) is 29.6 Å². The second kappa shape index (κ2) is 7.98. The monoisotopic (exact) mass is 296 g/mol. The van der Waals surface area contributed by atoms with Crippen LogP contribution in [0.1, 0.15) is 25.0 Å². The molecule has 0 heterocycles. The summed E-state index contributed by atoms with van der Waals surface area (Å²) in [5.74, 6) is 0.377. The van der Waals surface area contributed by atoms with E-state index in [1.165, 1.54) is 5.56 Å². The number of hydrogen-bond acceptors (Lipinski definition) is 3. The van der Waals surface area contributed by atoms with Gasteiger partial charge in [-0.2, -0.15) is 5.10 Å². The zero-order valence-corrected chi connectivity index (χ0v) is 12.9. The van der Waals surface area contributed by atoms with Crippen molar-refractivity contribution in [3.05, 3.63) is 65.7 Å². The average Bonchev–Trinajstić information content (AvgIpc) is 2.58. The standard InChI is InChI=1S/C18H20N2O2/c1-3-15-9-11-16(12-10-15)14(2)19-20-18(21)13-22-17-7-5-4-6-8-17/h4-12H,3,13H2,1-2H3,(H,20,21)/b19-14-. The zero-order valence-electron chi connectivity index (χ0n) is 12.9. The number of aryl methyl sites for hydroxylation is 1. The van der Waals surface area contributed by atoms with Gasteiger partial charge < -0.3 is 4.74 Å². The fourth-order valence-electron chi connectivity index (χ4n) is 1.89. The van der Waals surface area contributed by atoms with Gasteiger partial charge in [-0.1, -0.05) is 49.4 Å². The van der Waals surface area contributed by atoms with E-state index in [9.17, 15) is 4.79 Å². The van der Waals surface area contributed by atoms with Gasteiger partial charge in [-0.15, -0.1) is 0 Å². The highest BCUT2D eigenvalue weighted by Crippen LogP contribution is 2.08. The van der Waals surface area contributed by atoms with E-state index in [1.54, 1.807) is 12.1 Å². The minimum Gasteiger partial charge on any atom is -0.484 e. The van der Waals surface area contributed by atoms with E-state index in [4.69, 9.17) is 4.74 Å². The Bertz CT molecular complexity index is 634. The molecule has 2 aromatic rings. The van der Waals surface area contributed by atoms with Gasteiger partial charge in [0.2, 0.25) is 0 Å². The van der Waals surface area contributed by atoms with Gasteiger partial charge in [-0.25, -0.2) is 5.43 Å².